The summed E-state index contributed by atoms with van der Waals surface area (Å²) in [6.07, 6.45) is 6.84. The minimum absolute atomic E-state index is 0.0319. The molecule has 9 heteroatoms. The van der Waals surface area contributed by atoms with Gasteiger partial charge in [0.2, 0.25) is 22.3 Å². The molecule has 3 atom stereocenters. The van der Waals surface area contributed by atoms with Crippen LogP contribution in [0.4, 0.5) is 0 Å². The molecule has 0 aromatic heterocycles. The lowest BCUT2D eigenvalue weighted by atomic mass is 9.40. The van der Waals surface area contributed by atoms with Gasteiger partial charge in [0.15, 0.2) is 0 Å². The van der Waals surface area contributed by atoms with Crippen LogP contribution < -0.4 is 15.8 Å². The van der Waals surface area contributed by atoms with Gasteiger partial charge in [-0.2, -0.15) is 0 Å². The quantitative estimate of drug-likeness (QED) is 0.510. The van der Waals surface area contributed by atoms with Gasteiger partial charge in [0.25, 0.3) is 0 Å². The van der Waals surface area contributed by atoms with Gasteiger partial charge in [-0.25, -0.2) is 13.1 Å². The maximum Gasteiger partial charge on any atom is 0.240 e. The van der Waals surface area contributed by atoms with Gasteiger partial charge < -0.3 is 11.1 Å². The van der Waals surface area contributed by atoms with Crippen LogP contribution >= 0.6 is 11.6 Å². The van der Waals surface area contributed by atoms with Crippen LogP contribution in [0, 0.1) is 29.1 Å². The molecule has 0 aliphatic heterocycles. The lowest BCUT2D eigenvalue weighted by Crippen LogP contribution is -2.72. The van der Waals surface area contributed by atoms with Gasteiger partial charge in [0.1, 0.15) is 0 Å². The van der Waals surface area contributed by atoms with Crippen LogP contribution in [0.5, 0.6) is 0 Å². The fourth-order valence-electron chi connectivity index (χ4n) is 6.95. The second-order valence-electron chi connectivity index (χ2n) is 10.00. The fourth-order valence-corrected chi connectivity index (χ4v) is 8.49. The Balaban J connectivity index is 1.59. The Morgan fingerprint density at radius 1 is 1.19 bits per heavy atom. The average molecular weight is 466 g/mol. The second kappa shape index (κ2) is 7.18. The largest absolute Gasteiger partial charge is 0.369 e. The predicted molar refractivity (Wildman–Crippen MR) is 115 cm³/mol. The maximum atomic E-state index is 12.9. The zero-order valence-corrected chi connectivity index (χ0v) is 18.8. The molecule has 1 aromatic rings. The first-order valence-electron chi connectivity index (χ1n) is 11.0. The van der Waals surface area contributed by atoms with Crippen LogP contribution in [0.2, 0.25) is 5.02 Å². The number of amides is 2. The monoisotopic (exact) mass is 465 g/mol. The van der Waals surface area contributed by atoms with Crippen molar-refractivity contribution < 1.29 is 18.0 Å². The van der Waals surface area contributed by atoms with E-state index in [0.717, 1.165) is 32.1 Å². The molecule has 0 heterocycles. The van der Waals surface area contributed by atoms with E-state index in [9.17, 15) is 18.0 Å². The fraction of sp³-hybridized carbons (Fsp3) is 0.636. The van der Waals surface area contributed by atoms with Crippen molar-refractivity contribution in [3.8, 4) is 0 Å². The lowest BCUT2D eigenvalue weighted by Gasteiger charge is -2.66. The van der Waals surface area contributed by atoms with Gasteiger partial charge in [-0.1, -0.05) is 17.7 Å². The summed E-state index contributed by atoms with van der Waals surface area (Å²) in [4.78, 5) is 24.8. The zero-order valence-electron chi connectivity index (χ0n) is 17.3. The molecule has 2 amide bonds. The number of nitrogens with two attached hydrogens (primary N) is 1. The predicted octanol–water partition coefficient (Wildman–Crippen LogP) is 2.28. The third-order valence-electron chi connectivity index (χ3n) is 8.24. The number of primary amides is 1. The number of halogens is 1. The molecule has 5 saturated carbocycles. The Morgan fingerprint density at radius 3 is 2.42 bits per heavy atom. The summed E-state index contributed by atoms with van der Waals surface area (Å²) in [7, 11) is -3.69. The molecule has 0 radical (unpaired) electrons. The smallest absolute Gasteiger partial charge is 0.240 e. The molecule has 5 fully saturated rings. The Kier molecular flexibility index (Phi) is 4.92. The van der Waals surface area contributed by atoms with Gasteiger partial charge in [0.05, 0.1) is 15.8 Å². The van der Waals surface area contributed by atoms with Gasteiger partial charge in [-0.3, -0.25) is 9.59 Å². The van der Waals surface area contributed by atoms with Crippen LogP contribution in [0.25, 0.3) is 0 Å². The molecule has 4 N–H and O–H groups in total. The molecule has 0 spiro atoms. The van der Waals surface area contributed by atoms with Crippen molar-refractivity contribution in [2.75, 3.05) is 6.54 Å². The highest BCUT2D eigenvalue weighted by atomic mass is 35.5. The number of rotatable bonds is 8. The number of benzene rings is 1. The molecular formula is C22H28ClN3O4S. The first-order valence-corrected chi connectivity index (χ1v) is 12.9. The van der Waals surface area contributed by atoms with Crippen LogP contribution in [-0.2, 0) is 25.2 Å². The highest BCUT2D eigenvalue weighted by Crippen LogP contribution is 2.68. The minimum Gasteiger partial charge on any atom is -0.369 e. The van der Waals surface area contributed by atoms with Crippen LogP contribution in [0.1, 0.15) is 50.5 Å². The Hall–Kier alpha value is -1.64. The van der Waals surface area contributed by atoms with Crippen molar-refractivity contribution in [3.63, 3.8) is 0 Å². The summed E-state index contributed by atoms with van der Waals surface area (Å²) in [5, 5.41) is 3.23. The summed E-state index contributed by atoms with van der Waals surface area (Å²) in [6, 6.07) is 4.61. The highest BCUT2D eigenvalue weighted by Gasteiger charge is 2.69. The normalized spacial score (nSPS) is 36.4. The first-order chi connectivity index (χ1) is 14.7. The van der Waals surface area contributed by atoms with E-state index < -0.39 is 26.9 Å². The molecule has 31 heavy (non-hydrogen) atoms. The van der Waals surface area contributed by atoms with E-state index in [1.165, 1.54) is 12.1 Å². The van der Waals surface area contributed by atoms with Crippen molar-refractivity contribution in [1.29, 1.82) is 0 Å². The van der Waals surface area contributed by atoms with Crippen molar-refractivity contribution in [3.05, 3.63) is 28.8 Å². The summed E-state index contributed by atoms with van der Waals surface area (Å²) in [5.74, 6) is 0.852. The zero-order chi connectivity index (χ0) is 22.0. The van der Waals surface area contributed by atoms with Crippen molar-refractivity contribution in [1.82, 2.24) is 10.0 Å². The Labute approximate surface area is 187 Å². The number of hydrogen-bond donors (Lipinski definition) is 3. The Bertz CT molecular complexity index is 1030. The third kappa shape index (κ3) is 3.13. The van der Waals surface area contributed by atoms with Crippen molar-refractivity contribution >= 4 is 33.9 Å². The number of hydrogen-bond acceptors (Lipinski definition) is 4. The van der Waals surface area contributed by atoms with E-state index in [1.54, 1.807) is 6.07 Å². The number of nitrogens with one attached hydrogen (secondary N) is 2. The topological polar surface area (TPSA) is 118 Å². The van der Waals surface area contributed by atoms with Crippen LogP contribution in [0.3, 0.4) is 0 Å². The van der Waals surface area contributed by atoms with Crippen LogP contribution in [0.15, 0.2) is 23.1 Å². The Morgan fingerprint density at radius 2 is 1.87 bits per heavy atom. The van der Waals surface area contributed by atoms with Gasteiger partial charge in [0, 0.05) is 11.6 Å². The SMILES string of the molecule is NC(=O)C12CC3CC(CC(C3)C1(NC=O)c1ccc(S(=O)(=O)NCC3CC3)cc1Cl)C2. The van der Waals surface area contributed by atoms with E-state index >= 15 is 0 Å². The molecule has 3 unspecified atom stereocenters. The minimum atomic E-state index is -3.69. The summed E-state index contributed by atoms with van der Waals surface area (Å²) < 4.78 is 28.1. The van der Waals surface area contributed by atoms with E-state index in [-0.39, 0.29) is 15.8 Å². The van der Waals surface area contributed by atoms with Gasteiger partial charge in [-0.15, -0.1) is 0 Å². The number of carbonyl (C=O) groups excluding carboxylic acids is 2. The third-order valence-corrected chi connectivity index (χ3v) is 9.97. The maximum absolute atomic E-state index is 12.9. The van der Waals surface area contributed by atoms with E-state index in [1.807, 2.05) is 0 Å². The first kappa shape index (κ1) is 21.2. The number of carbonyl (C=O) groups is 2. The van der Waals surface area contributed by atoms with Crippen LogP contribution in [-0.4, -0.2) is 27.3 Å². The summed E-state index contributed by atoms with van der Waals surface area (Å²) in [6.45, 7) is 0.425. The summed E-state index contributed by atoms with van der Waals surface area (Å²) in [5.41, 5.74) is 4.66. The average Bonchev–Trinajstić information content (AvgIpc) is 3.53. The molecule has 7 nitrogen and oxygen atoms in total. The molecule has 0 saturated heterocycles. The molecule has 5 aliphatic rings. The molecular weight excluding hydrogens is 438 g/mol. The van der Waals surface area contributed by atoms with Gasteiger partial charge in [-0.05, 0) is 86.3 Å². The molecule has 168 valence electrons. The standard InChI is InChI=1S/C22H28ClN3O4S/c23-19-8-17(31(29,30)26-11-13-1-2-13)3-4-18(19)22(25-12-27)16-6-14-5-15(7-16)10-21(22,9-14)20(24)28/h3-4,8,12-16,26H,1-2,5-7,9-11H2,(H2,24,28)(H,25,27). The van der Waals surface area contributed by atoms with Gasteiger partial charge >= 0.3 is 0 Å². The van der Waals surface area contributed by atoms with E-state index in [2.05, 4.69) is 10.0 Å². The molecule has 6 rings (SSSR count). The van der Waals surface area contributed by atoms with E-state index in [0.29, 0.717) is 49.1 Å². The molecule has 1 aromatic carbocycles. The van der Waals surface area contributed by atoms with Crippen molar-refractivity contribution in [2.45, 2.75) is 55.4 Å². The lowest BCUT2D eigenvalue weighted by molar-refractivity contribution is -0.171. The molecule has 5 aliphatic carbocycles. The highest BCUT2D eigenvalue weighted by molar-refractivity contribution is 7.89. The molecule has 4 bridgehead atoms. The summed E-state index contributed by atoms with van der Waals surface area (Å²) >= 11 is 6.69. The second-order valence-corrected chi connectivity index (χ2v) is 12.2. The van der Waals surface area contributed by atoms with Crippen molar-refractivity contribution in [2.24, 2.45) is 34.8 Å². The number of sulfonamides is 1. The van der Waals surface area contributed by atoms with E-state index in [4.69, 9.17) is 17.3 Å².